The molecule has 0 fully saturated rings. The van der Waals surface area contributed by atoms with Crippen LogP contribution in [0.5, 0.6) is 0 Å². The van der Waals surface area contributed by atoms with Crippen LogP contribution in [0.1, 0.15) is 32.8 Å². The van der Waals surface area contributed by atoms with E-state index in [4.69, 9.17) is 0 Å². The summed E-state index contributed by atoms with van der Waals surface area (Å²) in [5.74, 6) is 0. The van der Waals surface area contributed by atoms with Crippen LogP contribution in [0, 0.1) is 0 Å². The van der Waals surface area contributed by atoms with Crippen LogP contribution in [0.2, 0.25) is 0 Å². The van der Waals surface area contributed by atoms with Crippen molar-refractivity contribution in [2.24, 2.45) is 0 Å². The highest BCUT2D eigenvalue weighted by atomic mass is 13.9. The summed E-state index contributed by atoms with van der Waals surface area (Å²) < 4.78 is 0. The summed E-state index contributed by atoms with van der Waals surface area (Å²) in [4.78, 5) is 0. The van der Waals surface area contributed by atoms with Gasteiger partial charge in [0.1, 0.15) is 0 Å². The van der Waals surface area contributed by atoms with Crippen LogP contribution >= 0.6 is 0 Å². The predicted molar refractivity (Wildman–Crippen MR) is 60.9 cm³/mol. The van der Waals surface area contributed by atoms with Crippen molar-refractivity contribution in [1.82, 2.24) is 0 Å². The highest BCUT2D eigenvalue weighted by Gasteiger charge is 1.88. The molecule has 1 rings (SSSR count). The molecule has 13 heavy (non-hydrogen) atoms. The highest BCUT2D eigenvalue weighted by molar-refractivity contribution is 5.19. The van der Waals surface area contributed by atoms with Gasteiger partial charge in [-0.25, -0.2) is 0 Å². The largest absolute Gasteiger partial charge is 0.0998 e. The molecule has 72 valence electrons. The fourth-order valence-electron chi connectivity index (χ4n) is 0.944. The van der Waals surface area contributed by atoms with Crippen molar-refractivity contribution in [3.05, 3.63) is 48.0 Å². The lowest BCUT2D eigenvalue weighted by Crippen LogP contribution is -1.82. The van der Waals surface area contributed by atoms with Crippen LogP contribution in [0.3, 0.4) is 0 Å². The van der Waals surface area contributed by atoms with Gasteiger partial charge in [0.2, 0.25) is 0 Å². The van der Waals surface area contributed by atoms with E-state index in [-0.39, 0.29) is 0 Å². The molecule has 0 aliphatic heterocycles. The third-order valence-corrected chi connectivity index (χ3v) is 1.35. The first kappa shape index (κ1) is 12.0. The first-order valence-corrected chi connectivity index (χ1v) is 4.89. The molecule has 0 bridgehead atoms. The summed E-state index contributed by atoms with van der Waals surface area (Å²) in [5.41, 5.74) is 2.56. The van der Waals surface area contributed by atoms with Crippen molar-refractivity contribution in [3.63, 3.8) is 0 Å². The molecule has 1 aromatic carbocycles. The molecule has 0 heteroatoms. The van der Waals surface area contributed by atoms with Gasteiger partial charge < -0.3 is 0 Å². The van der Waals surface area contributed by atoms with E-state index in [1.165, 1.54) is 17.6 Å². The van der Waals surface area contributed by atoms with E-state index in [1.807, 2.05) is 13.0 Å². The van der Waals surface area contributed by atoms with E-state index < -0.39 is 0 Å². The summed E-state index contributed by atoms with van der Waals surface area (Å²) in [7, 11) is 0. The number of hydrogen-bond donors (Lipinski definition) is 0. The molecule has 0 aliphatic carbocycles. The molecule has 0 N–H and O–H groups in total. The van der Waals surface area contributed by atoms with E-state index in [0.29, 0.717) is 0 Å². The summed E-state index contributed by atoms with van der Waals surface area (Å²) in [6, 6.07) is 10.4. The Kier molecular flexibility index (Phi) is 6.99. The number of benzene rings is 1. The molecule has 0 heterocycles. The quantitative estimate of drug-likeness (QED) is 0.592. The van der Waals surface area contributed by atoms with Crippen molar-refractivity contribution < 1.29 is 0 Å². The molecule has 0 spiro atoms. The Balaban J connectivity index is 0.000000424. The fraction of sp³-hybridized carbons (Fsp3) is 0.385. The molecular formula is C13H20. The van der Waals surface area contributed by atoms with Crippen molar-refractivity contribution in [2.75, 3.05) is 0 Å². The number of hydrogen-bond acceptors (Lipinski definition) is 0. The Labute approximate surface area is 82.3 Å². The SMILES string of the molecule is C=C(C)Cc1ccccc1.CCC. The lowest BCUT2D eigenvalue weighted by atomic mass is 10.1. The molecule has 0 saturated carbocycles. The van der Waals surface area contributed by atoms with Crippen LogP contribution in [0.25, 0.3) is 0 Å². The third-order valence-electron chi connectivity index (χ3n) is 1.35. The van der Waals surface area contributed by atoms with Gasteiger partial charge in [-0.2, -0.15) is 0 Å². The molecule has 0 saturated heterocycles. The summed E-state index contributed by atoms with van der Waals surface area (Å²) in [6.45, 7) is 10.1. The molecule has 0 radical (unpaired) electrons. The summed E-state index contributed by atoms with van der Waals surface area (Å²) >= 11 is 0. The first-order chi connectivity index (χ1) is 6.20. The Morgan fingerprint density at radius 3 is 2.00 bits per heavy atom. The van der Waals surface area contributed by atoms with Crippen LogP contribution in [0.15, 0.2) is 42.5 Å². The average molecular weight is 176 g/mol. The molecule has 1 aromatic rings. The van der Waals surface area contributed by atoms with Gasteiger partial charge in [0.05, 0.1) is 0 Å². The van der Waals surface area contributed by atoms with E-state index in [2.05, 4.69) is 44.7 Å². The second-order valence-corrected chi connectivity index (χ2v) is 3.33. The highest BCUT2D eigenvalue weighted by Crippen LogP contribution is 2.04. The summed E-state index contributed by atoms with van der Waals surface area (Å²) in [5, 5.41) is 0. The van der Waals surface area contributed by atoms with Crippen LogP contribution < -0.4 is 0 Å². The van der Waals surface area contributed by atoms with E-state index in [9.17, 15) is 0 Å². The average Bonchev–Trinajstić information content (AvgIpc) is 2.06. The van der Waals surface area contributed by atoms with Crippen molar-refractivity contribution in [1.29, 1.82) is 0 Å². The van der Waals surface area contributed by atoms with Crippen molar-refractivity contribution >= 4 is 0 Å². The lowest BCUT2D eigenvalue weighted by Gasteiger charge is -1.97. The Hall–Kier alpha value is -1.04. The normalized spacial score (nSPS) is 8.54. The van der Waals surface area contributed by atoms with E-state index >= 15 is 0 Å². The zero-order valence-electron chi connectivity index (χ0n) is 9.01. The van der Waals surface area contributed by atoms with Gasteiger partial charge in [-0.15, -0.1) is 0 Å². The molecule has 0 aliphatic rings. The molecule has 0 aromatic heterocycles. The second-order valence-electron chi connectivity index (χ2n) is 3.33. The van der Waals surface area contributed by atoms with E-state index in [1.54, 1.807) is 0 Å². The number of rotatable bonds is 2. The minimum atomic E-state index is 1.00. The van der Waals surface area contributed by atoms with Gasteiger partial charge in [0, 0.05) is 0 Å². The minimum absolute atomic E-state index is 1.00. The Morgan fingerprint density at radius 1 is 1.15 bits per heavy atom. The maximum atomic E-state index is 3.85. The minimum Gasteiger partial charge on any atom is -0.0998 e. The zero-order valence-corrected chi connectivity index (χ0v) is 9.01. The van der Waals surface area contributed by atoms with Gasteiger partial charge in [-0.3, -0.25) is 0 Å². The molecular weight excluding hydrogens is 156 g/mol. The van der Waals surface area contributed by atoms with Crippen LogP contribution in [0.4, 0.5) is 0 Å². The Morgan fingerprint density at radius 2 is 1.62 bits per heavy atom. The zero-order chi connectivity index (χ0) is 10.1. The van der Waals surface area contributed by atoms with Crippen LogP contribution in [-0.2, 0) is 6.42 Å². The first-order valence-electron chi connectivity index (χ1n) is 4.89. The maximum Gasteiger partial charge on any atom is -0.00726 e. The maximum absolute atomic E-state index is 3.85. The van der Waals surface area contributed by atoms with Crippen LogP contribution in [-0.4, -0.2) is 0 Å². The molecule has 0 unspecified atom stereocenters. The molecule has 0 atom stereocenters. The van der Waals surface area contributed by atoms with Gasteiger partial charge in [-0.1, -0.05) is 62.8 Å². The van der Waals surface area contributed by atoms with Crippen molar-refractivity contribution in [2.45, 2.75) is 33.6 Å². The van der Waals surface area contributed by atoms with Gasteiger partial charge in [0.25, 0.3) is 0 Å². The standard InChI is InChI=1S/C10H12.C3H8/c1-9(2)8-10-6-4-3-5-7-10;1-3-2/h3-7H,1,8H2,2H3;3H2,1-2H3. The molecule has 0 nitrogen and oxygen atoms in total. The van der Waals surface area contributed by atoms with Crippen molar-refractivity contribution in [3.8, 4) is 0 Å². The van der Waals surface area contributed by atoms with Gasteiger partial charge in [0.15, 0.2) is 0 Å². The van der Waals surface area contributed by atoms with Gasteiger partial charge in [-0.05, 0) is 18.9 Å². The fourth-order valence-corrected chi connectivity index (χ4v) is 0.944. The topological polar surface area (TPSA) is 0 Å². The Bertz CT molecular complexity index is 221. The third kappa shape index (κ3) is 7.32. The van der Waals surface area contributed by atoms with Gasteiger partial charge >= 0.3 is 0 Å². The van der Waals surface area contributed by atoms with E-state index in [0.717, 1.165) is 6.42 Å². The smallest absolute Gasteiger partial charge is 0.00726 e. The predicted octanol–water partition coefficient (Wildman–Crippen LogP) is 4.22. The summed E-state index contributed by atoms with van der Waals surface area (Å²) in [6.07, 6.45) is 2.25. The molecule has 0 amide bonds. The monoisotopic (exact) mass is 176 g/mol. The lowest BCUT2D eigenvalue weighted by molar-refractivity contribution is 1.09. The number of allylic oxidation sites excluding steroid dienone is 1. The second kappa shape index (κ2) is 7.60.